The van der Waals surface area contributed by atoms with E-state index < -0.39 is 11.9 Å². The van der Waals surface area contributed by atoms with Gasteiger partial charge in [0.25, 0.3) is 0 Å². The number of hydrazine groups is 1. The Balaban J connectivity index is 0. The molecule has 0 fully saturated rings. The maximum atomic E-state index is 9.10. The molecule has 0 aliphatic heterocycles. The zero-order valence-electron chi connectivity index (χ0n) is 6.61. The molecule has 0 rings (SSSR count). The van der Waals surface area contributed by atoms with Crippen molar-refractivity contribution in [2.75, 3.05) is 20.3 Å². The Morgan fingerprint density at radius 1 is 1.42 bits per heavy atom. The van der Waals surface area contributed by atoms with Crippen molar-refractivity contribution >= 4 is 11.9 Å². The molecule has 0 radical (unpaired) electrons. The van der Waals surface area contributed by atoms with Gasteiger partial charge in [-0.15, -0.1) is 0 Å². The van der Waals surface area contributed by atoms with E-state index in [0.29, 0.717) is 6.61 Å². The molecule has 0 atom stereocenters. The molecule has 0 bridgehead atoms. The SMILES string of the molecule is COCCNN.O=C(O)C(=O)O. The highest BCUT2D eigenvalue weighted by Gasteiger charge is 2.04. The second-order valence-electron chi connectivity index (χ2n) is 1.56. The number of aliphatic carboxylic acids is 2. The molecule has 0 heterocycles. The van der Waals surface area contributed by atoms with Crippen LogP contribution in [0.2, 0.25) is 0 Å². The van der Waals surface area contributed by atoms with Crippen LogP contribution < -0.4 is 11.3 Å². The Kier molecular flexibility index (Phi) is 11.0. The lowest BCUT2D eigenvalue weighted by atomic mass is 10.7. The number of nitrogens with one attached hydrogen (secondary N) is 1. The summed E-state index contributed by atoms with van der Waals surface area (Å²) in [5.41, 5.74) is 2.44. The van der Waals surface area contributed by atoms with Gasteiger partial charge in [0.1, 0.15) is 0 Å². The number of carboxylic acid groups (broad SMARTS) is 2. The van der Waals surface area contributed by atoms with Gasteiger partial charge in [-0.25, -0.2) is 9.59 Å². The molecule has 0 saturated heterocycles. The van der Waals surface area contributed by atoms with Crippen molar-refractivity contribution in [3.05, 3.63) is 0 Å². The van der Waals surface area contributed by atoms with Crippen molar-refractivity contribution in [2.45, 2.75) is 0 Å². The van der Waals surface area contributed by atoms with E-state index in [-0.39, 0.29) is 0 Å². The average Bonchev–Trinajstić information content (AvgIpc) is 2.02. The fraction of sp³-hybridized carbons (Fsp3) is 0.600. The summed E-state index contributed by atoms with van der Waals surface area (Å²) in [6.45, 7) is 1.40. The molecule has 0 aliphatic rings. The van der Waals surface area contributed by atoms with Gasteiger partial charge in [0.05, 0.1) is 6.61 Å². The molecule has 0 aromatic rings. The van der Waals surface area contributed by atoms with Crippen LogP contribution in [0.5, 0.6) is 0 Å². The lowest BCUT2D eigenvalue weighted by Gasteiger charge is -1.92. The average molecular weight is 180 g/mol. The largest absolute Gasteiger partial charge is 0.473 e. The molecule has 72 valence electrons. The zero-order chi connectivity index (χ0) is 9.98. The number of rotatable bonds is 3. The van der Waals surface area contributed by atoms with Crippen LogP contribution in [-0.4, -0.2) is 42.4 Å². The standard InChI is InChI=1S/C3H10N2O.C2H2O4/c1-6-3-2-5-4;3-1(4)2(5)6/h5H,2-4H2,1H3;(H,3,4)(H,5,6). The van der Waals surface area contributed by atoms with Crippen LogP contribution >= 0.6 is 0 Å². The molecule has 0 spiro atoms. The van der Waals surface area contributed by atoms with Crippen LogP contribution in [0.4, 0.5) is 0 Å². The number of carboxylic acids is 2. The predicted molar refractivity (Wildman–Crippen MR) is 39.3 cm³/mol. The molecule has 0 aromatic heterocycles. The Labute approximate surface area is 69.1 Å². The van der Waals surface area contributed by atoms with Gasteiger partial charge in [0.15, 0.2) is 0 Å². The van der Waals surface area contributed by atoms with Crippen molar-refractivity contribution < 1.29 is 24.5 Å². The summed E-state index contributed by atoms with van der Waals surface area (Å²) >= 11 is 0. The monoisotopic (exact) mass is 180 g/mol. The number of methoxy groups -OCH3 is 1. The van der Waals surface area contributed by atoms with Gasteiger partial charge in [-0.3, -0.25) is 11.3 Å². The first-order chi connectivity index (χ1) is 5.56. The van der Waals surface area contributed by atoms with Gasteiger partial charge in [0, 0.05) is 13.7 Å². The molecule has 7 heteroatoms. The third kappa shape index (κ3) is 15.9. The summed E-state index contributed by atoms with van der Waals surface area (Å²) in [7, 11) is 1.64. The van der Waals surface area contributed by atoms with Crippen molar-refractivity contribution in [1.29, 1.82) is 0 Å². The van der Waals surface area contributed by atoms with Gasteiger partial charge in [-0.2, -0.15) is 0 Å². The summed E-state index contributed by atoms with van der Waals surface area (Å²) < 4.78 is 4.64. The molecule has 0 amide bonds. The van der Waals surface area contributed by atoms with E-state index in [9.17, 15) is 0 Å². The molecule has 0 aromatic carbocycles. The Morgan fingerprint density at radius 3 is 1.92 bits per heavy atom. The Bertz CT molecular complexity index is 122. The highest BCUT2D eigenvalue weighted by Crippen LogP contribution is 1.56. The van der Waals surface area contributed by atoms with Gasteiger partial charge >= 0.3 is 11.9 Å². The molecule has 0 aliphatic carbocycles. The van der Waals surface area contributed by atoms with Gasteiger partial charge in [-0.1, -0.05) is 0 Å². The summed E-state index contributed by atoms with van der Waals surface area (Å²) in [6, 6.07) is 0. The molecular formula is C5H12N2O5. The quantitative estimate of drug-likeness (QED) is 0.176. The van der Waals surface area contributed by atoms with Gasteiger partial charge < -0.3 is 14.9 Å². The van der Waals surface area contributed by atoms with E-state index in [1.54, 1.807) is 7.11 Å². The maximum Gasteiger partial charge on any atom is 0.414 e. The van der Waals surface area contributed by atoms with E-state index in [1.165, 1.54) is 0 Å². The topological polar surface area (TPSA) is 122 Å². The smallest absolute Gasteiger partial charge is 0.414 e. The molecule has 0 saturated carbocycles. The third-order valence-electron chi connectivity index (χ3n) is 0.633. The van der Waals surface area contributed by atoms with Crippen LogP contribution in [0.1, 0.15) is 0 Å². The van der Waals surface area contributed by atoms with Gasteiger partial charge in [0.2, 0.25) is 0 Å². The summed E-state index contributed by atoms with van der Waals surface area (Å²) in [5.74, 6) is 1.24. The number of carbonyl (C=O) groups is 2. The summed E-state index contributed by atoms with van der Waals surface area (Å²) in [5, 5.41) is 14.8. The minimum absolute atomic E-state index is 0.677. The minimum atomic E-state index is -1.82. The Hall–Kier alpha value is -1.18. The highest BCUT2D eigenvalue weighted by molar-refractivity contribution is 6.27. The van der Waals surface area contributed by atoms with Crippen LogP contribution in [0, 0.1) is 0 Å². The normalized spacial score (nSPS) is 8.17. The van der Waals surface area contributed by atoms with Crippen molar-refractivity contribution in [3.63, 3.8) is 0 Å². The minimum Gasteiger partial charge on any atom is -0.473 e. The van der Waals surface area contributed by atoms with Crippen LogP contribution in [0.3, 0.4) is 0 Å². The molecule has 7 nitrogen and oxygen atoms in total. The molecule has 12 heavy (non-hydrogen) atoms. The fourth-order valence-electron chi connectivity index (χ4n) is 0.161. The molecule has 5 N–H and O–H groups in total. The van der Waals surface area contributed by atoms with E-state index in [2.05, 4.69) is 10.2 Å². The first kappa shape index (κ1) is 13.4. The lowest BCUT2D eigenvalue weighted by molar-refractivity contribution is -0.159. The second kappa shape index (κ2) is 9.82. The van der Waals surface area contributed by atoms with E-state index in [4.69, 9.17) is 25.6 Å². The zero-order valence-corrected chi connectivity index (χ0v) is 6.61. The summed E-state index contributed by atoms with van der Waals surface area (Å²) in [4.78, 5) is 18.2. The van der Waals surface area contributed by atoms with E-state index >= 15 is 0 Å². The number of hydrogen-bond donors (Lipinski definition) is 4. The Morgan fingerprint density at radius 2 is 1.83 bits per heavy atom. The molecular weight excluding hydrogens is 168 g/mol. The van der Waals surface area contributed by atoms with Crippen molar-refractivity contribution in [3.8, 4) is 0 Å². The first-order valence-electron chi connectivity index (χ1n) is 2.94. The van der Waals surface area contributed by atoms with Crippen LogP contribution in [0.15, 0.2) is 0 Å². The number of nitrogens with two attached hydrogens (primary N) is 1. The first-order valence-corrected chi connectivity index (χ1v) is 2.94. The van der Waals surface area contributed by atoms with E-state index in [0.717, 1.165) is 6.54 Å². The van der Waals surface area contributed by atoms with E-state index in [1.807, 2.05) is 0 Å². The van der Waals surface area contributed by atoms with Crippen LogP contribution in [0.25, 0.3) is 0 Å². The summed E-state index contributed by atoms with van der Waals surface area (Å²) in [6.07, 6.45) is 0. The maximum absolute atomic E-state index is 9.10. The van der Waals surface area contributed by atoms with Crippen molar-refractivity contribution in [1.82, 2.24) is 5.43 Å². The fourth-order valence-corrected chi connectivity index (χ4v) is 0.161. The number of ether oxygens (including phenoxy) is 1. The highest BCUT2D eigenvalue weighted by atomic mass is 16.5. The second-order valence-corrected chi connectivity index (χ2v) is 1.56. The van der Waals surface area contributed by atoms with Crippen molar-refractivity contribution in [2.24, 2.45) is 5.84 Å². The molecule has 0 unspecified atom stereocenters. The third-order valence-corrected chi connectivity index (χ3v) is 0.633. The predicted octanol–water partition coefficient (Wildman–Crippen LogP) is -1.75. The number of hydrogen-bond acceptors (Lipinski definition) is 5. The lowest BCUT2D eigenvalue weighted by Crippen LogP contribution is -2.25. The van der Waals surface area contributed by atoms with Gasteiger partial charge in [-0.05, 0) is 0 Å². The van der Waals surface area contributed by atoms with Crippen LogP contribution in [-0.2, 0) is 14.3 Å².